The summed E-state index contributed by atoms with van der Waals surface area (Å²) in [5, 5.41) is 13.7. The van der Waals surface area contributed by atoms with E-state index in [0.29, 0.717) is 11.2 Å². The average Bonchev–Trinajstić information content (AvgIpc) is 3.22. The van der Waals surface area contributed by atoms with Crippen molar-refractivity contribution in [2.24, 2.45) is 0 Å². The maximum absolute atomic E-state index is 13.0. The van der Waals surface area contributed by atoms with Gasteiger partial charge in [0.15, 0.2) is 0 Å². The van der Waals surface area contributed by atoms with Crippen molar-refractivity contribution in [3.63, 3.8) is 0 Å². The molecule has 158 valence electrons. The van der Waals surface area contributed by atoms with E-state index in [1.807, 2.05) is 74.5 Å². The highest BCUT2D eigenvalue weighted by Gasteiger charge is 2.14. The van der Waals surface area contributed by atoms with Gasteiger partial charge in [0.1, 0.15) is 18.4 Å². The number of hydrogen-bond donors (Lipinski definition) is 1. The third kappa shape index (κ3) is 3.54. The second-order valence-electron chi connectivity index (χ2n) is 7.85. The van der Waals surface area contributed by atoms with E-state index in [2.05, 4.69) is 15.5 Å². The molecule has 0 radical (unpaired) electrons. The minimum absolute atomic E-state index is 0.183. The van der Waals surface area contributed by atoms with Crippen LogP contribution in [0.2, 0.25) is 0 Å². The number of rotatable bonds is 4. The van der Waals surface area contributed by atoms with Crippen molar-refractivity contribution >= 4 is 27.9 Å². The number of anilines is 1. The molecule has 1 amide bonds. The van der Waals surface area contributed by atoms with Crippen molar-refractivity contribution in [2.75, 3.05) is 5.32 Å². The van der Waals surface area contributed by atoms with Gasteiger partial charge in [0.25, 0.3) is 5.56 Å². The van der Waals surface area contributed by atoms with E-state index in [4.69, 9.17) is 0 Å². The van der Waals surface area contributed by atoms with Crippen LogP contribution in [0.3, 0.4) is 0 Å². The second-order valence-corrected chi connectivity index (χ2v) is 7.85. The summed E-state index contributed by atoms with van der Waals surface area (Å²) in [4.78, 5) is 25.5. The molecule has 2 aromatic heterocycles. The lowest BCUT2D eigenvalue weighted by Gasteiger charge is -2.09. The first-order valence-corrected chi connectivity index (χ1v) is 10.3. The summed E-state index contributed by atoms with van der Waals surface area (Å²) in [7, 11) is 0. The van der Waals surface area contributed by atoms with Crippen molar-refractivity contribution in [3.05, 3.63) is 94.5 Å². The van der Waals surface area contributed by atoms with E-state index in [-0.39, 0.29) is 18.0 Å². The number of nitrogens with zero attached hydrogens (tertiary/aromatic N) is 4. The molecule has 0 saturated heterocycles. The van der Waals surface area contributed by atoms with Gasteiger partial charge in [0.2, 0.25) is 5.91 Å². The lowest BCUT2D eigenvalue weighted by atomic mass is 10.0. The maximum atomic E-state index is 13.0. The Morgan fingerprint density at radius 1 is 1.00 bits per heavy atom. The van der Waals surface area contributed by atoms with Gasteiger partial charge < -0.3 is 5.32 Å². The van der Waals surface area contributed by atoms with E-state index in [1.54, 1.807) is 6.07 Å². The van der Waals surface area contributed by atoms with Gasteiger partial charge in [-0.1, -0.05) is 60.2 Å². The zero-order valence-electron chi connectivity index (χ0n) is 17.7. The van der Waals surface area contributed by atoms with Crippen LogP contribution in [-0.2, 0) is 11.3 Å². The summed E-state index contributed by atoms with van der Waals surface area (Å²) < 4.78 is 2.61. The first kappa shape index (κ1) is 19.7. The number of benzene rings is 3. The second kappa shape index (κ2) is 7.77. The molecule has 5 aromatic rings. The number of carbonyl (C=O) groups excluding carboxylic acids is 1. The highest BCUT2D eigenvalue weighted by Crippen LogP contribution is 2.27. The number of nitrogens with one attached hydrogen (secondary N) is 1. The van der Waals surface area contributed by atoms with Crippen LogP contribution in [0.1, 0.15) is 11.1 Å². The zero-order chi connectivity index (χ0) is 22.2. The zero-order valence-corrected chi connectivity index (χ0v) is 17.7. The fourth-order valence-corrected chi connectivity index (χ4v) is 3.91. The summed E-state index contributed by atoms with van der Waals surface area (Å²) in [5.74, 6) is -0.315. The lowest BCUT2D eigenvalue weighted by molar-refractivity contribution is -0.117. The van der Waals surface area contributed by atoms with Crippen LogP contribution in [0.25, 0.3) is 27.5 Å². The number of hydrogen-bond acceptors (Lipinski definition) is 4. The highest BCUT2D eigenvalue weighted by atomic mass is 16.2. The van der Waals surface area contributed by atoms with E-state index >= 15 is 0 Å². The monoisotopic (exact) mass is 423 g/mol. The molecule has 0 fully saturated rings. The molecular formula is C25H21N5O2. The van der Waals surface area contributed by atoms with Gasteiger partial charge in [-0.25, -0.2) is 9.20 Å². The van der Waals surface area contributed by atoms with Gasteiger partial charge in [0, 0.05) is 11.3 Å². The highest BCUT2D eigenvalue weighted by molar-refractivity contribution is 5.96. The molecule has 0 unspecified atom stereocenters. The van der Waals surface area contributed by atoms with Gasteiger partial charge in [-0.05, 0) is 42.3 Å². The Bertz CT molecular complexity index is 1540. The van der Waals surface area contributed by atoms with Crippen molar-refractivity contribution in [1.82, 2.24) is 19.4 Å². The third-order valence-electron chi connectivity index (χ3n) is 5.50. The first-order valence-electron chi connectivity index (χ1n) is 10.3. The van der Waals surface area contributed by atoms with Gasteiger partial charge in [0.05, 0.1) is 5.69 Å². The topological polar surface area (TPSA) is 81.3 Å². The molecule has 0 aliphatic carbocycles. The molecule has 0 spiro atoms. The smallest absolute Gasteiger partial charge is 0.293 e. The van der Waals surface area contributed by atoms with Crippen molar-refractivity contribution in [2.45, 2.75) is 20.4 Å². The first-order chi connectivity index (χ1) is 15.5. The number of amides is 1. The predicted molar refractivity (Wildman–Crippen MR) is 125 cm³/mol. The Morgan fingerprint density at radius 3 is 2.66 bits per heavy atom. The summed E-state index contributed by atoms with van der Waals surface area (Å²) in [6.07, 6.45) is 1.45. The molecule has 5 rings (SSSR count). The Balaban J connectivity index is 1.47. The van der Waals surface area contributed by atoms with E-state index in [9.17, 15) is 9.59 Å². The van der Waals surface area contributed by atoms with Crippen molar-refractivity contribution in [1.29, 1.82) is 0 Å². The van der Waals surface area contributed by atoms with E-state index in [1.165, 1.54) is 10.8 Å². The molecule has 2 heterocycles. The van der Waals surface area contributed by atoms with Crippen LogP contribution in [0, 0.1) is 13.8 Å². The lowest BCUT2D eigenvalue weighted by Crippen LogP contribution is -2.30. The Labute approximate surface area is 183 Å². The van der Waals surface area contributed by atoms with Crippen molar-refractivity contribution in [3.8, 4) is 11.3 Å². The normalized spacial score (nSPS) is 11.2. The molecule has 7 heteroatoms. The molecule has 32 heavy (non-hydrogen) atoms. The molecular weight excluding hydrogens is 402 g/mol. The summed E-state index contributed by atoms with van der Waals surface area (Å²) in [5.41, 5.74) is 4.40. The van der Waals surface area contributed by atoms with Crippen molar-refractivity contribution < 1.29 is 4.79 Å². The van der Waals surface area contributed by atoms with Crippen LogP contribution >= 0.6 is 0 Å². The van der Waals surface area contributed by atoms with Gasteiger partial charge in [-0.2, -0.15) is 10.2 Å². The largest absolute Gasteiger partial charge is 0.324 e. The third-order valence-corrected chi connectivity index (χ3v) is 5.50. The summed E-state index contributed by atoms with van der Waals surface area (Å²) in [6, 6.07) is 21.5. The standard InChI is InChI=1S/C25H21N5O2/c1-16-10-11-21(17(2)12-16)27-24(31)14-29-25(32)23-13-22(28-30(23)15-26-29)20-9-5-7-18-6-3-4-8-19(18)20/h3-13,15H,14H2,1-2H3,(H,27,31). The average molecular weight is 423 g/mol. The molecule has 7 nitrogen and oxygen atoms in total. The molecule has 0 atom stereocenters. The Kier molecular flexibility index (Phi) is 4.78. The molecule has 0 bridgehead atoms. The molecule has 0 aliphatic heterocycles. The van der Waals surface area contributed by atoms with E-state index < -0.39 is 0 Å². The maximum Gasteiger partial charge on any atom is 0.293 e. The number of aryl methyl sites for hydroxylation is 2. The van der Waals surface area contributed by atoms with Gasteiger partial charge in [-0.15, -0.1) is 0 Å². The Morgan fingerprint density at radius 2 is 1.81 bits per heavy atom. The quantitative estimate of drug-likeness (QED) is 0.474. The van der Waals surface area contributed by atoms with Crippen LogP contribution in [0.5, 0.6) is 0 Å². The molecule has 0 aliphatic rings. The SMILES string of the molecule is Cc1ccc(NC(=O)Cn2ncn3nc(-c4cccc5ccccc45)cc3c2=O)c(C)c1. The predicted octanol–water partition coefficient (Wildman–Crippen LogP) is 3.97. The van der Waals surface area contributed by atoms with Gasteiger partial charge >= 0.3 is 0 Å². The fourth-order valence-electron chi connectivity index (χ4n) is 3.91. The Hall–Kier alpha value is -4.26. The fraction of sp³-hybridized carbons (Fsp3) is 0.120. The minimum Gasteiger partial charge on any atom is -0.324 e. The number of fused-ring (bicyclic) bond motifs is 2. The molecule has 0 saturated carbocycles. The minimum atomic E-state index is -0.373. The van der Waals surface area contributed by atoms with Crippen LogP contribution in [0.4, 0.5) is 5.69 Å². The molecule has 3 aromatic carbocycles. The number of aromatic nitrogens is 4. The van der Waals surface area contributed by atoms with Crippen LogP contribution in [-0.4, -0.2) is 25.3 Å². The van der Waals surface area contributed by atoms with E-state index in [0.717, 1.165) is 37.8 Å². The summed E-state index contributed by atoms with van der Waals surface area (Å²) in [6.45, 7) is 3.74. The van der Waals surface area contributed by atoms with Crippen LogP contribution < -0.4 is 10.9 Å². The van der Waals surface area contributed by atoms with Crippen LogP contribution in [0.15, 0.2) is 77.9 Å². The molecule has 1 N–H and O–H groups in total. The summed E-state index contributed by atoms with van der Waals surface area (Å²) >= 11 is 0. The number of carbonyl (C=O) groups is 1. The van der Waals surface area contributed by atoms with Gasteiger partial charge in [-0.3, -0.25) is 9.59 Å².